The molecular formula is C20H24ClN3O2. The number of aliphatic hydroxyl groups is 1. The highest BCUT2D eigenvalue weighted by Crippen LogP contribution is 2.15. The molecule has 1 heterocycles. The first-order valence-electron chi connectivity index (χ1n) is 8.31. The zero-order valence-corrected chi connectivity index (χ0v) is 15.6. The predicted octanol–water partition coefficient (Wildman–Crippen LogP) is 3.28. The number of hydrogen-bond donors (Lipinski definition) is 2. The molecule has 0 spiro atoms. The highest BCUT2D eigenvalue weighted by Gasteiger charge is 2.14. The molecule has 1 aromatic heterocycles. The summed E-state index contributed by atoms with van der Waals surface area (Å²) in [5.41, 5.74) is 3.33. The number of imidazole rings is 1. The molecule has 26 heavy (non-hydrogen) atoms. The summed E-state index contributed by atoms with van der Waals surface area (Å²) in [6.07, 6.45) is 1.06. The first-order valence-corrected chi connectivity index (χ1v) is 8.31. The van der Waals surface area contributed by atoms with E-state index in [1.807, 2.05) is 64.6 Å². The Morgan fingerprint density at radius 3 is 2.50 bits per heavy atom. The van der Waals surface area contributed by atoms with E-state index in [9.17, 15) is 5.11 Å². The van der Waals surface area contributed by atoms with E-state index in [1.54, 1.807) is 6.08 Å². The van der Waals surface area contributed by atoms with Crippen LogP contribution in [0.4, 0.5) is 0 Å². The third-order valence-electron chi connectivity index (χ3n) is 4.11. The summed E-state index contributed by atoms with van der Waals surface area (Å²) in [5, 5.41) is 18.8. The van der Waals surface area contributed by atoms with Crippen molar-refractivity contribution in [3.8, 4) is 5.75 Å². The number of benzene rings is 2. The maximum atomic E-state index is 10.4. The maximum absolute atomic E-state index is 10.4. The van der Waals surface area contributed by atoms with Crippen LogP contribution in [-0.4, -0.2) is 27.0 Å². The Hall–Kier alpha value is -2.50. The number of aromatic nitrogens is 2. The lowest BCUT2D eigenvalue weighted by atomic mass is 10.2. The van der Waals surface area contributed by atoms with Crippen molar-refractivity contribution in [2.45, 2.75) is 26.1 Å². The molecule has 0 aliphatic carbocycles. The molecule has 0 amide bonds. The van der Waals surface area contributed by atoms with Crippen molar-refractivity contribution in [1.82, 2.24) is 9.13 Å². The van der Waals surface area contributed by atoms with Crippen LogP contribution < -0.4 is 10.4 Å². The van der Waals surface area contributed by atoms with Gasteiger partial charge in [0.25, 0.3) is 0 Å². The van der Waals surface area contributed by atoms with Crippen LogP contribution in [-0.2, 0) is 13.1 Å². The van der Waals surface area contributed by atoms with Gasteiger partial charge in [0, 0.05) is 6.54 Å². The predicted molar refractivity (Wildman–Crippen MR) is 106 cm³/mol. The molecule has 1 atom stereocenters. The smallest absolute Gasteiger partial charge is 0.203 e. The average molecular weight is 374 g/mol. The summed E-state index contributed by atoms with van der Waals surface area (Å²) >= 11 is 0. The summed E-state index contributed by atoms with van der Waals surface area (Å²) in [4.78, 5) is 0. The Morgan fingerprint density at radius 1 is 1.15 bits per heavy atom. The Balaban J connectivity index is 0.00000243. The molecule has 0 aliphatic heterocycles. The number of aliphatic hydroxyl groups excluding tert-OH is 1. The minimum atomic E-state index is -0.711. The topological polar surface area (TPSA) is 63.2 Å². The molecule has 2 N–H and O–H groups in total. The minimum Gasteiger partial charge on any atom is -0.491 e. The minimum absolute atomic E-state index is 0. The molecule has 0 saturated heterocycles. The largest absolute Gasteiger partial charge is 0.491 e. The number of halogens is 1. The molecule has 1 unspecified atom stereocenters. The van der Waals surface area contributed by atoms with Gasteiger partial charge in [-0.1, -0.05) is 30.3 Å². The van der Waals surface area contributed by atoms with Crippen molar-refractivity contribution in [2.24, 2.45) is 0 Å². The van der Waals surface area contributed by atoms with Crippen LogP contribution in [0.2, 0.25) is 0 Å². The molecule has 138 valence electrons. The summed E-state index contributed by atoms with van der Waals surface area (Å²) < 4.78 is 9.36. The zero-order chi connectivity index (χ0) is 17.8. The van der Waals surface area contributed by atoms with E-state index in [-0.39, 0.29) is 19.0 Å². The van der Waals surface area contributed by atoms with E-state index >= 15 is 0 Å². The molecule has 3 aromatic rings. The lowest BCUT2D eigenvalue weighted by molar-refractivity contribution is 0.0921. The van der Waals surface area contributed by atoms with Gasteiger partial charge in [0.15, 0.2) is 0 Å². The summed E-state index contributed by atoms with van der Waals surface area (Å²) in [7, 11) is 0. The van der Waals surface area contributed by atoms with Crippen LogP contribution in [0.15, 0.2) is 61.2 Å². The molecule has 0 radical (unpaired) electrons. The fraction of sp³-hybridized carbons (Fsp3) is 0.250. The van der Waals surface area contributed by atoms with Crippen LogP contribution in [0.5, 0.6) is 5.75 Å². The Morgan fingerprint density at radius 2 is 1.85 bits per heavy atom. The van der Waals surface area contributed by atoms with Gasteiger partial charge in [-0.3, -0.25) is 5.41 Å². The number of fused-ring (bicyclic) bond motifs is 1. The van der Waals surface area contributed by atoms with E-state index in [2.05, 4.69) is 6.58 Å². The lowest BCUT2D eigenvalue weighted by Gasteiger charge is -2.14. The van der Waals surface area contributed by atoms with Crippen molar-refractivity contribution in [3.63, 3.8) is 0 Å². The number of aryl methyl sites for hydroxylation is 1. The number of nitrogens with zero attached hydrogens (tertiary/aromatic N) is 2. The van der Waals surface area contributed by atoms with Gasteiger partial charge < -0.3 is 19.0 Å². The van der Waals surface area contributed by atoms with Crippen LogP contribution in [0.25, 0.3) is 11.0 Å². The van der Waals surface area contributed by atoms with Crippen LogP contribution in [0.3, 0.4) is 0 Å². The van der Waals surface area contributed by atoms with Crippen molar-refractivity contribution >= 4 is 23.4 Å². The van der Waals surface area contributed by atoms with Crippen molar-refractivity contribution in [1.29, 1.82) is 5.41 Å². The lowest BCUT2D eigenvalue weighted by Crippen LogP contribution is -2.31. The fourth-order valence-electron chi connectivity index (χ4n) is 2.95. The third kappa shape index (κ3) is 4.18. The molecular weight excluding hydrogens is 350 g/mol. The molecule has 2 aromatic carbocycles. The molecule has 0 aliphatic rings. The zero-order valence-electron chi connectivity index (χ0n) is 14.8. The number of para-hydroxylation sites is 2. The monoisotopic (exact) mass is 373 g/mol. The van der Waals surface area contributed by atoms with E-state index in [0.717, 1.165) is 22.3 Å². The number of nitrogens with one attached hydrogen (secondary N) is 1. The quantitative estimate of drug-likeness (QED) is 0.624. The van der Waals surface area contributed by atoms with Gasteiger partial charge in [0.1, 0.15) is 18.5 Å². The van der Waals surface area contributed by atoms with Gasteiger partial charge in [0.05, 0.1) is 17.6 Å². The summed E-state index contributed by atoms with van der Waals surface area (Å²) in [6, 6.07) is 15.6. The van der Waals surface area contributed by atoms with Crippen molar-refractivity contribution in [2.75, 3.05) is 6.61 Å². The first kappa shape index (κ1) is 19.8. The Bertz CT molecular complexity index is 946. The average Bonchev–Trinajstić information content (AvgIpc) is 2.86. The van der Waals surface area contributed by atoms with E-state index in [1.165, 1.54) is 0 Å². The van der Waals surface area contributed by atoms with E-state index in [0.29, 0.717) is 18.7 Å². The second-order valence-electron chi connectivity index (χ2n) is 6.10. The van der Waals surface area contributed by atoms with Gasteiger partial charge in [0.2, 0.25) is 5.62 Å². The maximum Gasteiger partial charge on any atom is 0.203 e. The summed E-state index contributed by atoms with van der Waals surface area (Å²) in [6.45, 7) is 6.80. The molecule has 6 heteroatoms. The number of rotatable bonds is 7. The van der Waals surface area contributed by atoms with Gasteiger partial charge in [-0.15, -0.1) is 19.0 Å². The van der Waals surface area contributed by atoms with Crippen LogP contribution >= 0.6 is 12.4 Å². The molecule has 0 fully saturated rings. The van der Waals surface area contributed by atoms with Gasteiger partial charge in [-0.05, 0) is 36.8 Å². The standard InChI is InChI=1S/C20H23N3O2.ClH/c1-3-11-22-18-9-4-5-10-19(18)23(20(22)21)13-16(24)14-25-17-8-6-7-15(2)12-17;/h3-10,12,16,21,24H,1,11,13-14H2,2H3;1H. The van der Waals surface area contributed by atoms with Gasteiger partial charge >= 0.3 is 0 Å². The molecule has 0 bridgehead atoms. The number of hydrogen-bond acceptors (Lipinski definition) is 3. The van der Waals surface area contributed by atoms with Crippen LogP contribution in [0, 0.1) is 12.3 Å². The number of allylic oxidation sites excluding steroid dienone is 1. The second kappa shape index (κ2) is 8.74. The van der Waals surface area contributed by atoms with Gasteiger partial charge in [-0.25, -0.2) is 0 Å². The SMILES string of the molecule is C=CCn1c(=N)n(CC(O)COc2cccc(C)c2)c2ccccc21.Cl. The molecule has 0 saturated carbocycles. The van der Waals surface area contributed by atoms with Gasteiger partial charge in [-0.2, -0.15) is 0 Å². The third-order valence-corrected chi connectivity index (χ3v) is 4.11. The van der Waals surface area contributed by atoms with Crippen molar-refractivity contribution < 1.29 is 9.84 Å². The van der Waals surface area contributed by atoms with Crippen LogP contribution in [0.1, 0.15) is 5.56 Å². The fourth-order valence-corrected chi connectivity index (χ4v) is 2.95. The van der Waals surface area contributed by atoms with Crippen molar-refractivity contribution in [3.05, 3.63) is 72.4 Å². The van der Waals surface area contributed by atoms with E-state index in [4.69, 9.17) is 10.1 Å². The highest BCUT2D eigenvalue weighted by molar-refractivity contribution is 5.85. The summed E-state index contributed by atoms with van der Waals surface area (Å²) in [5.74, 6) is 0.740. The molecule has 3 rings (SSSR count). The second-order valence-corrected chi connectivity index (χ2v) is 6.10. The molecule has 5 nitrogen and oxygen atoms in total. The Kier molecular flexibility index (Phi) is 6.66. The Labute approximate surface area is 159 Å². The van der Waals surface area contributed by atoms with E-state index < -0.39 is 6.10 Å². The first-order chi connectivity index (χ1) is 12.1. The highest BCUT2D eigenvalue weighted by atomic mass is 35.5. The number of ether oxygens (including phenoxy) is 1. The normalized spacial score (nSPS) is 11.8.